The molecular formula is C20H39NO. The van der Waals surface area contributed by atoms with Gasteiger partial charge in [-0.15, -0.1) is 0 Å². The standard InChI is InChI=1S/C20H39NO/c1-4-6-7-8-9-10-11-12-13-14-15-16-17-18-19-21(3)20(22)5-2/h5H,2,4,6-19H2,1,3H3. The molecule has 0 N–H and O–H groups in total. The van der Waals surface area contributed by atoms with Crippen molar-refractivity contribution < 1.29 is 4.79 Å². The number of carbonyl (C=O) groups is 1. The molecule has 0 saturated carbocycles. The van der Waals surface area contributed by atoms with E-state index in [9.17, 15) is 4.79 Å². The quantitative estimate of drug-likeness (QED) is 0.249. The molecule has 0 atom stereocenters. The zero-order valence-corrected chi connectivity index (χ0v) is 15.2. The molecule has 0 bridgehead atoms. The first-order valence-electron chi connectivity index (χ1n) is 9.60. The summed E-state index contributed by atoms with van der Waals surface area (Å²) in [6.07, 6.45) is 20.6. The number of unbranched alkanes of at least 4 members (excludes halogenated alkanes) is 13. The van der Waals surface area contributed by atoms with Crippen molar-refractivity contribution in [3.05, 3.63) is 12.7 Å². The van der Waals surface area contributed by atoms with E-state index in [4.69, 9.17) is 0 Å². The number of hydrogen-bond acceptors (Lipinski definition) is 1. The van der Waals surface area contributed by atoms with E-state index in [0.29, 0.717) is 0 Å². The molecule has 22 heavy (non-hydrogen) atoms. The fourth-order valence-corrected chi connectivity index (χ4v) is 2.81. The van der Waals surface area contributed by atoms with Gasteiger partial charge in [-0.1, -0.05) is 97.0 Å². The zero-order valence-electron chi connectivity index (χ0n) is 15.2. The summed E-state index contributed by atoms with van der Waals surface area (Å²) in [5.41, 5.74) is 0. The molecule has 0 fully saturated rings. The van der Waals surface area contributed by atoms with Crippen molar-refractivity contribution >= 4 is 5.91 Å². The van der Waals surface area contributed by atoms with Crippen LogP contribution in [0.25, 0.3) is 0 Å². The van der Waals surface area contributed by atoms with Crippen molar-refractivity contribution in [1.82, 2.24) is 4.90 Å². The van der Waals surface area contributed by atoms with Gasteiger partial charge in [0.15, 0.2) is 0 Å². The Morgan fingerprint density at radius 3 is 1.50 bits per heavy atom. The second kappa shape index (κ2) is 16.6. The number of likely N-dealkylation sites (N-methyl/N-ethyl adjacent to an activating group) is 1. The molecule has 2 heteroatoms. The number of amides is 1. The first-order valence-corrected chi connectivity index (χ1v) is 9.60. The summed E-state index contributed by atoms with van der Waals surface area (Å²) in [5, 5.41) is 0. The minimum atomic E-state index is 0.0368. The van der Waals surface area contributed by atoms with E-state index in [2.05, 4.69) is 13.5 Å². The summed E-state index contributed by atoms with van der Waals surface area (Å²) in [5.74, 6) is 0.0368. The Kier molecular flexibility index (Phi) is 16.0. The van der Waals surface area contributed by atoms with Crippen LogP contribution in [-0.2, 0) is 4.79 Å². The van der Waals surface area contributed by atoms with E-state index in [1.807, 2.05) is 7.05 Å². The van der Waals surface area contributed by atoms with Crippen LogP contribution in [0.4, 0.5) is 0 Å². The molecule has 2 nitrogen and oxygen atoms in total. The first kappa shape index (κ1) is 21.2. The minimum Gasteiger partial charge on any atom is -0.342 e. The summed E-state index contributed by atoms with van der Waals surface area (Å²) in [7, 11) is 1.85. The normalized spacial score (nSPS) is 10.6. The fourth-order valence-electron chi connectivity index (χ4n) is 2.81. The van der Waals surface area contributed by atoms with E-state index < -0.39 is 0 Å². The maximum Gasteiger partial charge on any atom is 0.245 e. The summed E-state index contributed by atoms with van der Waals surface area (Å²) < 4.78 is 0. The van der Waals surface area contributed by atoms with E-state index in [1.165, 1.54) is 89.5 Å². The van der Waals surface area contributed by atoms with Crippen LogP contribution in [0, 0.1) is 0 Å². The van der Waals surface area contributed by atoms with Gasteiger partial charge in [0.25, 0.3) is 0 Å². The second-order valence-corrected chi connectivity index (χ2v) is 6.56. The average molecular weight is 310 g/mol. The monoisotopic (exact) mass is 309 g/mol. The molecule has 0 aromatic heterocycles. The van der Waals surface area contributed by atoms with Crippen LogP contribution in [0.5, 0.6) is 0 Å². The smallest absolute Gasteiger partial charge is 0.245 e. The Labute approximate surface area is 139 Å². The third kappa shape index (κ3) is 14.2. The van der Waals surface area contributed by atoms with Gasteiger partial charge in [0.2, 0.25) is 5.91 Å². The van der Waals surface area contributed by atoms with Crippen molar-refractivity contribution in [2.24, 2.45) is 0 Å². The molecule has 0 aromatic carbocycles. The fraction of sp³-hybridized carbons (Fsp3) is 0.850. The van der Waals surface area contributed by atoms with Crippen LogP contribution in [-0.4, -0.2) is 24.4 Å². The van der Waals surface area contributed by atoms with Crippen LogP contribution in [0.3, 0.4) is 0 Å². The maximum atomic E-state index is 11.3. The van der Waals surface area contributed by atoms with Gasteiger partial charge in [-0.25, -0.2) is 0 Å². The largest absolute Gasteiger partial charge is 0.342 e. The van der Waals surface area contributed by atoms with Gasteiger partial charge in [0, 0.05) is 13.6 Å². The van der Waals surface area contributed by atoms with Crippen LogP contribution in [0.2, 0.25) is 0 Å². The Balaban J connectivity index is 3.11. The minimum absolute atomic E-state index is 0.0368. The molecule has 0 aliphatic rings. The lowest BCUT2D eigenvalue weighted by Gasteiger charge is -2.14. The third-order valence-electron chi connectivity index (χ3n) is 4.40. The summed E-state index contributed by atoms with van der Waals surface area (Å²) in [6, 6.07) is 0. The molecule has 0 unspecified atom stereocenters. The topological polar surface area (TPSA) is 20.3 Å². The molecule has 0 aliphatic carbocycles. The van der Waals surface area contributed by atoms with Gasteiger partial charge in [0.1, 0.15) is 0 Å². The molecule has 0 saturated heterocycles. The van der Waals surface area contributed by atoms with Gasteiger partial charge < -0.3 is 4.90 Å². The van der Waals surface area contributed by atoms with Crippen LogP contribution in [0.1, 0.15) is 96.8 Å². The molecular weight excluding hydrogens is 270 g/mol. The summed E-state index contributed by atoms with van der Waals surface area (Å²) in [4.78, 5) is 13.0. The number of carbonyl (C=O) groups excluding carboxylic acids is 1. The van der Waals surface area contributed by atoms with Crippen LogP contribution in [0.15, 0.2) is 12.7 Å². The average Bonchev–Trinajstić information content (AvgIpc) is 2.54. The number of nitrogens with zero attached hydrogens (tertiary/aromatic N) is 1. The third-order valence-corrected chi connectivity index (χ3v) is 4.40. The van der Waals surface area contributed by atoms with Gasteiger partial charge in [-0.05, 0) is 12.5 Å². The van der Waals surface area contributed by atoms with Crippen molar-refractivity contribution in [2.45, 2.75) is 96.8 Å². The molecule has 0 spiro atoms. The lowest BCUT2D eigenvalue weighted by atomic mass is 10.0. The lowest BCUT2D eigenvalue weighted by molar-refractivity contribution is -0.124. The predicted octanol–water partition coefficient (Wildman–Crippen LogP) is 6.11. The van der Waals surface area contributed by atoms with Crippen molar-refractivity contribution in [2.75, 3.05) is 13.6 Å². The Morgan fingerprint density at radius 2 is 1.14 bits per heavy atom. The van der Waals surface area contributed by atoms with Gasteiger partial charge >= 0.3 is 0 Å². The van der Waals surface area contributed by atoms with E-state index in [-0.39, 0.29) is 5.91 Å². The van der Waals surface area contributed by atoms with Crippen LogP contribution < -0.4 is 0 Å². The number of rotatable bonds is 16. The van der Waals surface area contributed by atoms with E-state index in [1.54, 1.807) is 4.90 Å². The summed E-state index contributed by atoms with van der Waals surface area (Å²) >= 11 is 0. The Morgan fingerprint density at radius 1 is 0.773 bits per heavy atom. The maximum absolute atomic E-state index is 11.3. The number of hydrogen-bond donors (Lipinski definition) is 0. The highest BCUT2D eigenvalue weighted by molar-refractivity contribution is 5.86. The highest BCUT2D eigenvalue weighted by atomic mass is 16.2. The highest BCUT2D eigenvalue weighted by Crippen LogP contribution is 2.13. The molecule has 0 rings (SSSR count). The highest BCUT2D eigenvalue weighted by Gasteiger charge is 2.02. The molecule has 0 aliphatic heterocycles. The van der Waals surface area contributed by atoms with Gasteiger partial charge in [-0.3, -0.25) is 4.79 Å². The molecule has 1 amide bonds. The SMILES string of the molecule is C=CC(=O)N(C)CCCCCCCCCCCCCCCC. The Hall–Kier alpha value is -0.790. The van der Waals surface area contributed by atoms with E-state index >= 15 is 0 Å². The van der Waals surface area contributed by atoms with Crippen molar-refractivity contribution in [3.8, 4) is 0 Å². The molecule has 0 heterocycles. The van der Waals surface area contributed by atoms with E-state index in [0.717, 1.165) is 13.0 Å². The molecule has 130 valence electrons. The van der Waals surface area contributed by atoms with Crippen molar-refractivity contribution in [3.63, 3.8) is 0 Å². The van der Waals surface area contributed by atoms with Crippen molar-refractivity contribution in [1.29, 1.82) is 0 Å². The van der Waals surface area contributed by atoms with Crippen LogP contribution >= 0.6 is 0 Å². The van der Waals surface area contributed by atoms with Gasteiger partial charge in [-0.2, -0.15) is 0 Å². The molecule has 0 aromatic rings. The lowest BCUT2D eigenvalue weighted by Crippen LogP contribution is -2.25. The predicted molar refractivity (Wildman–Crippen MR) is 98.1 cm³/mol. The zero-order chi connectivity index (χ0) is 16.5. The molecule has 0 radical (unpaired) electrons. The first-order chi connectivity index (χ1) is 10.7. The Bertz CT molecular complexity index is 262. The summed E-state index contributed by atoms with van der Waals surface area (Å²) in [6.45, 7) is 6.65. The second-order valence-electron chi connectivity index (χ2n) is 6.56. The van der Waals surface area contributed by atoms with Gasteiger partial charge in [0.05, 0.1) is 0 Å².